The molecule has 24 heavy (non-hydrogen) atoms. The molecule has 0 radical (unpaired) electrons. The zero-order chi connectivity index (χ0) is 17.2. The van der Waals surface area contributed by atoms with Crippen LogP contribution in [0.1, 0.15) is 18.9 Å². The van der Waals surface area contributed by atoms with Crippen LogP contribution in [0.25, 0.3) is 0 Å². The Labute approximate surface area is 144 Å². The number of nitriles is 2. The Morgan fingerprint density at radius 1 is 1.21 bits per heavy atom. The summed E-state index contributed by atoms with van der Waals surface area (Å²) >= 11 is 6.00. The number of benzene rings is 1. The summed E-state index contributed by atoms with van der Waals surface area (Å²) < 4.78 is 11.5. The second-order valence-corrected chi connectivity index (χ2v) is 6.70. The summed E-state index contributed by atoms with van der Waals surface area (Å²) in [6.07, 6.45) is 0.514. The van der Waals surface area contributed by atoms with Crippen molar-refractivity contribution in [2.75, 3.05) is 13.2 Å². The molecule has 0 amide bonds. The molecule has 1 aromatic rings. The molecular weight excluding hydrogens is 328 g/mol. The summed E-state index contributed by atoms with van der Waals surface area (Å²) in [5.74, 6) is -1.41. The van der Waals surface area contributed by atoms with Crippen LogP contribution in [0.15, 0.2) is 29.3 Å². The minimum Gasteiger partial charge on any atom is -0.386 e. The Kier molecular flexibility index (Phi) is 2.88. The van der Waals surface area contributed by atoms with E-state index in [1.165, 1.54) is 0 Å². The Balaban J connectivity index is 2.03. The number of halogens is 1. The average molecular weight is 343 g/mol. The normalized spacial score (nSPS) is 38.2. The van der Waals surface area contributed by atoms with Crippen molar-refractivity contribution < 1.29 is 9.47 Å². The molecule has 7 heteroatoms. The molecule has 122 valence electrons. The Bertz CT molecular complexity index is 834. The van der Waals surface area contributed by atoms with Gasteiger partial charge in [0, 0.05) is 5.02 Å². The molecule has 1 aliphatic carbocycles. The Morgan fingerprint density at radius 3 is 2.33 bits per heavy atom. The number of nitrogens with zero attached hydrogens (tertiary/aromatic N) is 3. The van der Waals surface area contributed by atoms with Gasteiger partial charge in [0.1, 0.15) is 5.84 Å². The lowest BCUT2D eigenvalue weighted by Crippen LogP contribution is -2.42. The lowest BCUT2D eigenvalue weighted by Gasteiger charge is -2.31. The van der Waals surface area contributed by atoms with Crippen LogP contribution in [0, 0.1) is 33.5 Å². The maximum Gasteiger partial charge on any atom is 0.293 e. The first-order chi connectivity index (χ1) is 11.5. The SMILES string of the molecule is CC[C@@]1(c2ccc(Cl)cc2)[C@]2(C#N)C(N)=NC3(OCCO3)[C@@]21C#N. The van der Waals surface area contributed by atoms with Gasteiger partial charge in [-0.15, -0.1) is 0 Å². The summed E-state index contributed by atoms with van der Waals surface area (Å²) in [7, 11) is 0. The third kappa shape index (κ3) is 1.20. The molecule has 2 heterocycles. The fraction of sp³-hybridized carbons (Fsp3) is 0.471. The number of rotatable bonds is 2. The van der Waals surface area contributed by atoms with Gasteiger partial charge in [-0.1, -0.05) is 30.7 Å². The molecule has 6 nitrogen and oxygen atoms in total. The lowest BCUT2D eigenvalue weighted by molar-refractivity contribution is -0.188. The first kappa shape index (κ1) is 15.4. The van der Waals surface area contributed by atoms with Crippen LogP contribution >= 0.6 is 11.6 Å². The van der Waals surface area contributed by atoms with Crippen LogP contribution in [0.5, 0.6) is 0 Å². The molecule has 4 rings (SSSR count). The minimum atomic E-state index is -1.52. The third-order valence-corrected chi connectivity index (χ3v) is 6.04. The lowest BCUT2D eigenvalue weighted by atomic mass is 9.80. The van der Waals surface area contributed by atoms with Gasteiger partial charge in [0.2, 0.25) is 0 Å². The number of fused-ring (bicyclic) bond motifs is 2. The smallest absolute Gasteiger partial charge is 0.293 e. The van der Waals surface area contributed by atoms with Gasteiger partial charge in [0.15, 0.2) is 10.8 Å². The molecule has 3 atom stereocenters. The second-order valence-electron chi connectivity index (χ2n) is 6.27. The van der Waals surface area contributed by atoms with Crippen molar-refractivity contribution in [2.45, 2.75) is 24.7 Å². The highest BCUT2D eigenvalue weighted by Crippen LogP contribution is 2.86. The number of amidine groups is 1. The fourth-order valence-corrected chi connectivity index (χ4v) is 5.07. The van der Waals surface area contributed by atoms with Crippen molar-refractivity contribution >= 4 is 17.4 Å². The number of hydrogen-bond donors (Lipinski definition) is 1. The zero-order valence-corrected chi connectivity index (χ0v) is 13.8. The quantitative estimate of drug-likeness (QED) is 0.886. The third-order valence-electron chi connectivity index (χ3n) is 5.79. The second kappa shape index (κ2) is 4.49. The van der Waals surface area contributed by atoms with E-state index in [0.717, 1.165) is 5.56 Å². The summed E-state index contributed by atoms with van der Waals surface area (Å²) in [4.78, 5) is 4.30. The monoisotopic (exact) mass is 342 g/mol. The predicted octanol–water partition coefficient (Wildman–Crippen LogP) is 2.09. The molecule has 0 aromatic heterocycles. The molecule has 1 saturated carbocycles. The van der Waals surface area contributed by atoms with Gasteiger partial charge >= 0.3 is 0 Å². The van der Waals surface area contributed by atoms with Crippen molar-refractivity contribution in [3.8, 4) is 12.1 Å². The largest absolute Gasteiger partial charge is 0.386 e. The van der Waals surface area contributed by atoms with Gasteiger partial charge in [-0.2, -0.15) is 10.5 Å². The summed E-state index contributed by atoms with van der Waals surface area (Å²) in [6, 6.07) is 11.8. The highest BCUT2D eigenvalue weighted by molar-refractivity contribution is 6.30. The number of aliphatic imine (C=N–C) groups is 1. The van der Waals surface area contributed by atoms with Gasteiger partial charge in [0.25, 0.3) is 5.91 Å². The summed E-state index contributed by atoms with van der Waals surface area (Å²) in [5, 5.41) is 20.8. The first-order valence-electron chi connectivity index (χ1n) is 7.74. The van der Waals surface area contributed by atoms with Crippen molar-refractivity contribution in [3.63, 3.8) is 0 Å². The van der Waals surface area contributed by atoms with E-state index in [1.54, 1.807) is 12.1 Å². The van der Waals surface area contributed by atoms with Crippen LogP contribution < -0.4 is 5.73 Å². The number of ether oxygens (including phenoxy) is 2. The van der Waals surface area contributed by atoms with Gasteiger partial charge in [-0.05, 0) is 24.1 Å². The van der Waals surface area contributed by atoms with E-state index in [2.05, 4.69) is 17.1 Å². The number of hydrogen-bond acceptors (Lipinski definition) is 6. The Hall–Kier alpha value is -2.12. The predicted molar refractivity (Wildman–Crippen MR) is 85.8 cm³/mol. The van der Waals surface area contributed by atoms with E-state index in [4.69, 9.17) is 26.8 Å². The maximum atomic E-state index is 10.2. The molecule has 2 fully saturated rings. The van der Waals surface area contributed by atoms with E-state index < -0.39 is 22.2 Å². The van der Waals surface area contributed by atoms with Crippen LogP contribution in [-0.2, 0) is 14.9 Å². The van der Waals surface area contributed by atoms with Gasteiger partial charge in [-0.25, -0.2) is 4.99 Å². The highest BCUT2D eigenvalue weighted by Gasteiger charge is 3.01. The van der Waals surface area contributed by atoms with Crippen LogP contribution in [0.4, 0.5) is 0 Å². The standard InChI is InChI=1S/C17H15ClN4O2/c1-2-14(11-3-5-12(18)6-4-11)15(9-19)13(21)22-17(16(14,15)10-20)23-7-8-24-17/h3-6H,2,7-8H2,1H3,(H2,21,22)/t14-,15+,16-/m1/s1. The molecule has 1 spiro atoms. The van der Waals surface area contributed by atoms with Crippen LogP contribution in [0.2, 0.25) is 5.02 Å². The van der Waals surface area contributed by atoms with E-state index in [1.807, 2.05) is 19.1 Å². The number of nitrogens with two attached hydrogens (primary N) is 1. The van der Waals surface area contributed by atoms with E-state index >= 15 is 0 Å². The van der Waals surface area contributed by atoms with Crippen LogP contribution in [0.3, 0.4) is 0 Å². The van der Waals surface area contributed by atoms with Gasteiger partial charge in [0.05, 0.1) is 30.8 Å². The topological polar surface area (TPSA) is 104 Å². The first-order valence-corrected chi connectivity index (χ1v) is 8.12. The molecule has 0 bridgehead atoms. The summed E-state index contributed by atoms with van der Waals surface area (Å²) in [6.45, 7) is 2.55. The van der Waals surface area contributed by atoms with Crippen LogP contribution in [-0.4, -0.2) is 25.0 Å². The van der Waals surface area contributed by atoms with E-state index in [-0.39, 0.29) is 5.84 Å². The maximum absolute atomic E-state index is 10.2. The van der Waals surface area contributed by atoms with E-state index in [0.29, 0.717) is 24.7 Å². The molecule has 0 unspecified atom stereocenters. The molecule has 2 aliphatic heterocycles. The average Bonchev–Trinajstić information content (AvgIpc) is 2.81. The molecular formula is C17H15ClN4O2. The highest BCUT2D eigenvalue weighted by atomic mass is 35.5. The van der Waals surface area contributed by atoms with Crippen molar-refractivity contribution in [1.29, 1.82) is 10.5 Å². The molecule has 1 aromatic carbocycles. The minimum absolute atomic E-state index is 0.102. The summed E-state index contributed by atoms with van der Waals surface area (Å²) in [5.41, 5.74) is 3.56. The fourth-order valence-electron chi connectivity index (χ4n) is 4.94. The zero-order valence-electron chi connectivity index (χ0n) is 13.0. The molecule has 3 aliphatic rings. The van der Waals surface area contributed by atoms with Crippen molar-refractivity contribution in [3.05, 3.63) is 34.9 Å². The van der Waals surface area contributed by atoms with E-state index in [9.17, 15) is 10.5 Å². The Morgan fingerprint density at radius 2 is 1.83 bits per heavy atom. The van der Waals surface area contributed by atoms with Gasteiger partial charge in [-0.3, -0.25) is 0 Å². The molecule has 2 N–H and O–H groups in total. The van der Waals surface area contributed by atoms with Crippen molar-refractivity contribution in [2.24, 2.45) is 21.6 Å². The molecule has 1 saturated heterocycles. The van der Waals surface area contributed by atoms with Gasteiger partial charge < -0.3 is 15.2 Å². The van der Waals surface area contributed by atoms with Crippen molar-refractivity contribution in [1.82, 2.24) is 0 Å².